The molecule has 1 fully saturated rings. The van der Waals surface area contributed by atoms with E-state index in [0.717, 1.165) is 25.0 Å². The van der Waals surface area contributed by atoms with Crippen molar-refractivity contribution in [1.29, 1.82) is 0 Å². The smallest absolute Gasteiger partial charge is 0.334 e. The number of nitrogens with two attached hydrogens (primary N) is 1. The normalized spacial score (nSPS) is 16.9. The first-order valence-corrected chi connectivity index (χ1v) is 6.51. The Labute approximate surface area is 115 Å². The molecule has 0 saturated heterocycles. The maximum Gasteiger partial charge on any atom is 0.416 e. The molecule has 0 radical (unpaired) electrons. The monoisotopic (exact) mass is 286 g/mol. The molecule has 0 heterocycles. The van der Waals surface area contributed by atoms with Crippen LogP contribution < -0.4 is 5.73 Å². The molecule has 1 unspecified atom stereocenters. The third-order valence-corrected chi connectivity index (χ3v) is 3.29. The molecule has 1 aromatic rings. The predicted molar refractivity (Wildman–Crippen MR) is 68.7 cm³/mol. The number of alkyl halides is 3. The number of hydrogen-bond donors (Lipinski definition) is 1. The minimum Gasteiger partial charge on any atom is -0.334 e. The van der Waals surface area contributed by atoms with Crippen molar-refractivity contribution in [2.75, 3.05) is 0 Å². The molecule has 0 aliphatic heterocycles. The summed E-state index contributed by atoms with van der Waals surface area (Å²) in [4.78, 5) is 13.6. The number of hydrogen-bond acceptors (Lipinski definition) is 2. The van der Waals surface area contributed by atoms with Gasteiger partial charge in [0.2, 0.25) is 5.91 Å². The van der Waals surface area contributed by atoms with Crippen molar-refractivity contribution >= 4 is 5.91 Å². The summed E-state index contributed by atoms with van der Waals surface area (Å²) in [5.74, 6) is -0.160. The second-order valence-electron chi connectivity index (χ2n) is 5.18. The van der Waals surface area contributed by atoms with Crippen molar-refractivity contribution in [2.45, 2.75) is 44.6 Å². The first-order valence-electron chi connectivity index (χ1n) is 6.51. The standard InChI is InChI=1S/C14H17F3N2O/c1-9(18)13(20)19(12-6-7-12)8-10-2-4-11(5-3-10)14(15,16)17/h2-5,9,12H,6-8,18H2,1H3. The molecule has 0 bridgehead atoms. The van der Waals surface area contributed by atoms with Crippen LogP contribution in [0.4, 0.5) is 13.2 Å². The fraction of sp³-hybridized carbons (Fsp3) is 0.500. The van der Waals surface area contributed by atoms with Gasteiger partial charge in [-0.15, -0.1) is 0 Å². The van der Waals surface area contributed by atoms with Gasteiger partial charge in [0.25, 0.3) is 0 Å². The molecule has 0 aromatic heterocycles. The van der Waals surface area contributed by atoms with E-state index in [1.165, 1.54) is 12.1 Å². The summed E-state index contributed by atoms with van der Waals surface area (Å²) >= 11 is 0. The SMILES string of the molecule is CC(N)C(=O)N(Cc1ccc(C(F)(F)F)cc1)C1CC1. The van der Waals surface area contributed by atoms with Gasteiger partial charge in [0.05, 0.1) is 11.6 Å². The van der Waals surface area contributed by atoms with Crippen LogP contribution in [0.5, 0.6) is 0 Å². The molecule has 1 aliphatic carbocycles. The molecule has 1 amide bonds. The Hall–Kier alpha value is -1.56. The van der Waals surface area contributed by atoms with Crippen LogP contribution in [-0.4, -0.2) is 22.9 Å². The third kappa shape index (κ3) is 3.50. The first kappa shape index (κ1) is 14.8. The van der Waals surface area contributed by atoms with Crippen molar-refractivity contribution in [3.05, 3.63) is 35.4 Å². The molecule has 1 aromatic carbocycles. The lowest BCUT2D eigenvalue weighted by Crippen LogP contribution is -2.42. The number of benzene rings is 1. The first-order chi connectivity index (χ1) is 9.29. The second kappa shape index (κ2) is 5.44. The largest absolute Gasteiger partial charge is 0.416 e. The Morgan fingerprint density at radius 3 is 2.30 bits per heavy atom. The van der Waals surface area contributed by atoms with E-state index in [-0.39, 0.29) is 11.9 Å². The summed E-state index contributed by atoms with van der Waals surface area (Å²) in [5, 5.41) is 0. The average Bonchev–Trinajstić information content (AvgIpc) is 3.18. The number of halogens is 3. The lowest BCUT2D eigenvalue weighted by atomic mass is 10.1. The number of nitrogens with zero attached hydrogens (tertiary/aromatic N) is 1. The summed E-state index contributed by atoms with van der Waals surface area (Å²) in [7, 11) is 0. The summed E-state index contributed by atoms with van der Waals surface area (Å²) in [6.45, 7) is 1.92. The van der Waals surface area contributed by atoms with Gasteiger partial charge in [-0.05, 0) is 37.5 Å². The van der Waals surface area contributed by atoms with Crippen molar-refractivity contribution in [1.82, 2.24) is 4.90 Å². The van der Waals surface area contributed by atoms with E-state index < -0.39 is 17.8 Å². The molecule has 1 saturated carbocycles. The molecule has 2 N–H and O–H groups in total. The minimum absolute atomic E-state index is 0.160. The van der Waals surface area contributed by atoms with Crippen LogP contribution in [0.3, 0.4) is 0 Å². The highest BCUT2D eigenvalue weighted by molar-refractivity contribution is 5.81. The number of amides is 1. The van der Waals surface area contributed by atoms with E-state index in [0.29, 0.717) is 12.1 Å². The molecule has 1 atom stereocenters. The van der Waals surface area contributed by atoms with Gasteiger partial charge in [-0.1, -0.05) is 12.1 Å². The molecule has 2 rings (SSSR count). The van der Waals surface area contributed by atoms with E-state index in [1.807, 2.05) is 0 Å². The lowest BCUT2D eigenvalue weighted by molar-refractivity contribution is -0.137. The molecule has 3 nitrogen and oxygen atoms in total. The number of carbonyl (C=O) groups excluding carboxylic acids is 1. The van der Waals surface area contributed by atoms with Gasteiger partial charge in [0.1, 0.15) is 0 Å². The number of carbonyl (C=O) groups is 1. The fourth-order valence-corrected chi connectivity index (χ4v) is 2.03. The summed E-state index contributed by atoms with van der Waals surface area (Å²) < 4.78 is 37.4. The fourth-order valence-electron chi connectivity index (χ4n) is 2.03. The minimum atomic E-state index is -4.34. The second-order valence-corrected chi connectivity index (χ2v) is 5.18. The zero-order valence-electron chi connectivity index (χ0n) is 11.2. The lowest BCUT2D eigenvalue weighted by Gasteiger charge is -2.24. The average molecular weight is 286 g/mol. The Balaban J connectivity index is 2.09. The molecule has 6 heteroatoms. The summed E-state index contributed by atoms with van der Waals surface area (Å²) in [5.41, 5.74) is 5.59. The van der Waals surface area contributed by atoms with Gasteiger partial charge >= 0.3 is 6.18 Å². The van der Waals surface area contributed by atoms with Crippen LogP contribution >= 0.6 is 0 Å². The van der Waals surface area contributed by atoms with Crippen LogP contribution in [-0.2, 0) is 17.5 Å². The van der Waals surface area contributed by atoms with E-state index in [4.69, 9.17) is 5.73 Å². The van der Waals surface area contributed by atoms with Crippen LogP contribution in [0.1, 0.15) is 30.9 Å². The maximum absolute atomic E-state index is 12.5. The molecule has 0 spiro atoms. The molecular formula is C14H17F3N2O. The van der Waals surface area contributed by atoms with Crippen LogP contribution in [0, 0.1) is 0 Å². The molecule has 1 aliphatic rings. The van der Waals surface area contributed by atoms with Crippen molar-refractivity contribution in [3.8, 4) is 0 Å². The van der Waals surface area contributed by atoms with Gasteiger partial charge < -0.3 is 10.6 Å². The Kier molecular flexibility index (Phi) is 4.04. The van der Waals surface area contributed by atoms with Crippen molar-refractivity contribution < 1.29 is 18.0 Å². The van der Waals surface area contributed by atoms with Crippen molar-refractivity contribution in [3.63, 3.8) is 0 Å². The Morgan fingerprint density at radius 1 is 1.35 bits per heavy atom. The van der Waals surface area contributed by atoms with E-state index in [9.17, 15) is 18.0 Å². The quantitative estimate of drug-likeness (QED) is 0.924. The van der Waals surface area contributed by atoms with Crippen LogP contribution in [0.25, 0.3) is 0 Å². The van der Waals surface area contributed by atoms with E-state index >= 15 is 0 Å². The Morgan fingerprint density at radius 2 is 1.90 bits per heavy atom. The zero-order chi connectivity index (χ0) is 14.9. The highest BCUT2D eigenvalue weighted by Crippen LogP contribution is 2.31. The zero-order valence-corrected chi connectivity index (χ0v) is 11.2. The topological polar surface area (TPSA) is 46.3 Å². The van der Waals surface area contributed by atoms with Gasteiger partial charge in [0.15, 0.2) is 0 Å². The van der Waals surface area contributed by atoms with E-state index in [2.05, 4.69) is 0 Å². The molecule has 20 heavy (non-hydrogen) atoms. The van der Waals surface area contributed by atoms with E-state index in [1.54, 1.807) is 11.8 Å². The highest BCUT2D eigenvalue weighted by Gasteiger charge is 2.34. The van der Waals surface area contributed by atoms with Gasteiger partial charge in [0, 0.05) is 12.6 Å². The predicted octanol–water partition coefficient (Wildman–Crippen LogP) is 2.54. The highest BCUT2D eigenvalue weighted by atomic mass is 19.4. The van der Waals surface area contributed by atoms with Gasteiger partial charge in [-0.25, -0.2) is 0 Å². The van der Waals surface area contributed by atoms with Crippen LogP contribution in [0.15, 0.2) is 24.3 Å². The molecule has 110 valence electrons. The number of rotatable bonds is 4. The summed E-state index contributed by atoms with van der Waals surface area (Å²) in [6.07, 6.45) is -2.48. The van der Waals surface area contributed by atoms with Crippen LogP contribution in [0.2, 0.25) is 0 Å². The third-order valence-electron chi connectivity index (χ3n) is 3.29. The van der Waals surface area contributed by atoms with Gasteiger partial charge in [-0.2, -0.15) is 13.2 Å². The molecular weight excluding hydrogens is 269 g/mol. The van der Waals surface area contributed by atoms with Crippen molar-refractivity contribution in [2.24, 2.45) is 5.73 Å². The maximum atomic E-state index is 12.5. The Bertz CT molecular complexity index is 478. The van der Waals surface area contributed by atoms with Gasteiger partial charge in [-0.3, -0.25) is 4.79 Å². The summed E-state index contributed by atoms with van der Waals surface area (Å²) in [6, 6.07) is 4.48.